The van der Waals surface area contributed by atoms with Crippen molar-refractivity contribution in [1.29, 1.82) is 0 Å². The van der Waals surface area contributed by atoms with E-state index in [0.717, 1.165) is 32.0 Å². The molecule has 4 heteroatoms. The molecule has 0 fully saturated rings. The van der Waals surface area contributed by atoms with E-state index in [0.29, 0.717) is 0 Å². The number of allylic oxidation sites excluding steroid dienone is 4. The van der Waals surface area contributed by atoms with E-state index in [2.05, 4.69) is 175 Å². The van der Waals surface area contributed by atoms with Crippen LogP contribution in [0.25, 0.3) is 0 Å². The zero-order valence-electron chi connectivity index (χ0n) is 30.0. The summed E-state index contributed by atoms with van der Waals surface area (Å²) in [6, 6.07) is 64.7. The van der Waals surface area contributed by atoms with Gasteiger partial charge in [0.05, 0.1) is 0 Å². The maximum absolute atomic E-state index is 4.17. The van der Waals surface area contributed by atoms with Gasteiger partial charge in [-0.1, -0.05) is 213 Å². The summed E-state index contributed by atoms with van der Waals surface area (Å²) in [6.45, 7) is 10.8. The first kappa shape index (κ1) is 38.5. The molecule has 2 N–H and O–H groups in total. The van der Waals surface area contributed by atoms with Gasteiger partial charge in [0.1, 0.15) is 0 Å². The van der Waals surface area contributed by atoms with Crippen LogP contribution in [0.3, 0.4) is 0 Å². The third-order valence-corrected chi connectivity index (χ3v) is 13.9. The highest BCUT2D eigenvalue weighted by Gasteiger charge is 2.22. The number of benzene rings is 6. The Hall–Kier alpha value is -4.68. The molecule has 0 aromatic heterocycles. The quantitative estimate of drug-likeness (QED) is 0.0558. The fourth-order valence-electron chi connectivity index (χ4n) is 6.07. The van der Waals surface area contributed by atoms with Gasteiger partial charge in [0.25, 0.3) is 0 Å². The molecule has 6 rings (SSSR count). The molecule has 2 unspecified atom stereocenters. The third-order valence-electron chi connectivity index (χ3n) is 8.73. The van der Waals surface area contributed by atoms with Crippen LogP contribution in [0.4, 0.5) is 0 Å². The van der Waals surface area contributed by atoms with E-state index in [-0.39, 0.29) is 6.04 Å². The van der Waals surface area contributed by atoms with Crippen molar-refractivity contribution in [3.8, 4) is 0 Å². The van der Waals surface area contributed by atoms with E-state index < -0.39 is 15.8 Å². The van der Waals surface area contributed by atoms with Crippen LogP contribution < -0.4 is 26.5 Å². The number of rotatable bonds is 17. The molecule has 0 saturated carbocycles. The molecule has 0 aliphatic rings. The summed E-state index contributed by atoms with van der Waals surface area (Å²) in [4.78, 5) is 0. The predicted molar refractivity (Wildman–Crippen MR) is 231 cm³/mol. The molecule has 0 amide bonds. The van der Waals surface area contributed by atoms with E-state index in [1.165, 1.54) is 37.9 Å². The molecule has 262 valence electrons. The Kier molecular flexibility index (Phi) is 16.5. The first-order valence-corrected chi connectivity index (χ1v) is 21.0. The molecular formula is C48H50N2P2. The summed E-state index contributed by atoms with van der Waals surface area (Å²) in [7, 11) is -1.04. The van der Waals surface area contributed by atoms with E-state index in [9.17, 15) is 0 Å². The predicted octanol–water partition coefficient (Wildman–Crippen LogP) is 10.5. The summed E-state index contributed by atoms with van der Waals surface area (Å²) in [5.41, 5.74) is 3.98. The highest BCUT2D eigenvalue weighted by molar-refractivity contribution is 7.73. The van der Waals surface area contributed by atoms with Gasteiger partial charge >= 0.3 is 0 Å². The van der Waals surface area contributed by atoms with Crippen LogP contribution in [0.5, 0.6) is 0 Å². The maximum Gasteiger partial charge on any atom is 0.0368 e. The van der Waals surface area contributed by atoms with Gasteiger partial charge in [-0.3, -0.25) is 0 Å². The standard InChI is InChI=1S/C42H44N2P2.C6H6/c1-3-19-38(4-2)46(41-28-15-8-16-29-41)34-42(35-20-9-5-10-21-35)44-33-37-23-18-17-22-36(37)32-43-30-31-45(39-24-11-6-12-25-39)40-26-13-7-14-27-40;1-2-4-6-5-3-1/h3-29,42-44H,1-2,30-34H2;1-6H/b38-19+;. The van der Waals surface area contributed by atoms with Gasteiger partial charge in [-0.15, -0.1) is 0 Å². The Morgan fingerprint density at radius 3 is 1.48 bits per heavy atom. The van der Waals surface area contributed by atoms with Crippen LogP contribution in [0.15, 0.2) is 219 Å². The Morgan fingerprint density at radius 2 is 0.981 bits per heavy atom. The monoisotopic (exact) mass is 716 g/mol. The Morgan fingerprint density at radius 1 is 0.538 bits per heavy atom. The van der Waals surface area contributed by atoms with E-state index in [1.54, 1.807) is 0 Å². The van der Waals surface area contributed by atoms with Crippen LogP contribution in [0, 0.1) is 0 Å². The lowest BCUT2D eigenvalue weighted by molar-refractivity contribution is 0.575. The van der Waals surface area contributed by atoms with Crippen LogP contribution in [0.2, 0.25) is 0 Å². The third kappa shape index (κ3) is 12.2. The molecule has 0 aliphatic carbocycles. The van der Waals surface area contributed by atoms with Crippen molar-refractivity contribution in [2.24, 2.45) is 0 Å². The Labute approximate surface area is 314 Å². The number of hydrogen-bond donors (Lipinski definition) is 2. The van der Waals surface area contributed by atoms with Gasteiger partial charge in [-0.25, -0.2) is 0 Å². The second-order valence-electron chi connectivity index (χ2n) is 12.2. The van der Waals surface area contributed by atoms with Gasteiger partial charge < -0.3 is 10.6 Å². The smallest absolute Gasteiger partial charge is 0.0368 e. The highest BCUT2D eigenvalue weighted by Crippen LogP contribution is 2.47. The minimum atomic E-state index is -0.634. The lowest BCUT2D eigenvalue weighted by atomic mass is 10.1. The summed E-state index contributed by atoms with van der Waals surface area (Å²) < 4.78 is 0. The highest BCUT2D eigenvalue weighted by atomic mass is 31.1. The van der Waals surface area contributed by atoms with Crippen molar-refractivity contribution in [3.63, 3.8) is 0 Å². The van der Waals surface area contributed by atoms with Gasteiger partial charge in [0, 0.05) is 19.1 Å². The topological polar surface area (TPSA) is 24.1 Å². The average molecular weight is 717 g/mol. The Bertz CT molecular complexity index is 1830. The second-order valence-corrected chi connectivity index (χ2v) is 16.8. The molecule has 0 radical (unpaired) electrons. The van der Waals surface area contributed by atoms with E-state index in [4.69, 9.17) is 0 Å². The largest absolute Gasteiger partial charge is 0.312 e. The average Bonchev–Trinajstić information content (AvgIpc) is 3.23. The molecule has 52 heavy (non-hydrogen) atoms. The lowest BCUT2D eigenvalue weighted by Crippen LogP contribution is -2.27. The molecular weight excluding hydrogens is 666 g/mol. The molecule has 2 nitrogen and oxygen atoms in total. The fraction of sp³-hybridized carbons (Fsp3) is 0.125. The van der Waals surface area contributed by atoms with Gasteiger partial charge in [-0.05, 0) is 72.6 Å². The van der Waals surface area contributed by atoms with Crippen molar-refractivity contribution in [3.05, 3.63) is 235 Å². The van der Waals surface area contributed by atoms with Crippen LogP contribution in [-0.2, 0) is 13.1 Å². The zero-order valence-corrected chi connectivity index (χ0v) is 31.8. The molecule has 0 aliphatic heterocycles. The fourth-order valence-corrected chi connectivity index (χ4v) is 10.8. The second kappa shape index (κ2) is 22.3. The molecule has 0 bridgehead atoms. The minimum Gasteiger partial charge on any atom is -0.312 e. The van der Waals surface area contributed by atoms with Crippen molar-refractivity contribution in [2.45, 2.75) is 19.1 Å². The molecule has 2 atom stereocenters. The molecule has 0 saturated heterocycles. The van der Waals surface area contributed by atoms with Gasteiger partial charge in [-0.2, -0.15) is 0 Å². The van der Waals surface area contributed by atoms with Crippen LogP contribution in [0.1, 0.15) is 22.7 Å². The zero-order chi connectivity index (χ0) is 36.1. The summed E-state index contributed by atoms with van der Waals surface area (Å²) in [6.07, 6.45) is 8.08. The molecule has 6 aromatic rings. The number of hydrogen-bond acceptors (Lipinski definition) is 2. The maximum atomic E-state index is 4.17. The summed E-state index contributed by atoms with van der Waals surface area (Å²) in [5, 5.41) is 13.2. The Balaban J connectivity index is 0.000000790. The van der Waals surface area contributed by atoms with Crippen molar-refractivity contribution in [1.82, 2.24) is 10.6 Å². The van der Waals surface area contributed by atoms with Crippen molar-refractivity contribution in [2.75, 3.05) is 18.9 Å². The van der Waals surface area contributed by atoms with E-state index >= 15 is 0 Å². The van der Waals surface area contributed by atoms with Gasteiger partial charge in [0.15, 0.2) is 0 Å². The first-order valence-electron chi connectivity index (χ1n) is 18.0. The van der Waals surface area contributed by atoms with Crippen molar-refractivity contribution < 1.29 is 0 Å². The minimum absolute atomic E-state index is 0.182. The normalized spacial score (nSPS) is 12.3. The summed E-state index contributed by atoms with van der Waals surface area (Å²) >= 11 is 0. The van der Waals surface area contributed by atoms with Crippen LogP contribution in [-0.4, -0.2) is 18.9 Å². The van der Waals surface area contributed by atoms with Gasteiger partial charge in [0.2, 0.25) is 0 Å². The molecule has 0 heterocycles. The van der Waals surface area contributed by atoms with Crippen molar-refractivity contribution >= 4 is 31.8 Å². The number of nitrogens with one attached hydrogen (secondary N) is 2. The SMILES string of the molecule is C=C/C=C(\C=C)P(CC(NCc1ccccc1CNCCP(c1ccccc1)c1ccccc1)c1ccccc1)c1ccccc1.c1ccccc1. The molecule has 0 spiro atoms. The van der Waals surface area contributed by atoms with Crippen LogP contribution >= 0.6 is 15.8 Å². The summed E-state index contributed by atoms with van der Waals surface area (Å²) in [5.74, 6) is 0. The first-order chi connectivity index (χ1) is 25.8. The lowest BCUT2D eigenvalue weighted by Gasteiger charge is -2.27. The molecule has 6 aromatic carbocycles. The van der Waals surface area contributed by atoms with E-state index in [1.807, 2.05) is 48.6 Å².